The predicted octanol–water partition coefficient (Wildman–Crippen LogP) is 2.57. The van der Waals surface area contributed by atoms with Gasteiger partial charge in [0.25, 0.3) is 0 Å². The highest BCUT2D eigenvalue weighted by Crippen LogP contribution is 2.46. The molecule has 1 aromatic rings. The van der Waals surface area contributed by atoms with Crippen LogP contribution in [0.15, 0.2) is 0 Å². The third kappa shape index (κ3) is 2.83. The van der Waals surface area contributed by atoms with Crippen LogP contribution in [0.1, 0.15) is 42.6 Å². The maximum atomic E-state index is 4.40. The summed E-state index contributed by atoms with van der Waals surface area (Å²) in [6.45, 7) is 3.38. The number of hydrogen-bond acceptors (Lipinski definition) is 5. The van der Waals surface area contributed by atoms with Gasteiger partial charge in [-0.3, -0.25) is 0 Å². The zero-order valence-electron chi connectivity index (χ0n) is 10.2. The van der Waals surface area contributed by atoms with Crippen molar-refractivity contribution < 1.29 is 0 Å². The second-order valence-electron chi connectivity index (χ2n) is 5.16. The Labute approximate surface area is 111 Å². The van der Waals surface area contributed by atoms with Crippen LogP contribution in [0.5, 0.6) is 0 Å². The van der Waals surface area contributed by atoms with Crippen molar-refractivity contribution in [2.75, 3.05) is 12.3 Å². The van der Waals surface area contributed by atoms with Crippen molar-refractivity contribution in [1.29, 1.82) is 0 Å². The fourth-order valence-electron chi connectivity index (χ4n) is 2.19. The molecule has 1 aliphatic heterocycles. The van der Waals surface area contributed by atoms with Crippen LogP contribution >= 0.6 is 23.1 Å². The maximum Gasteiger partial charge on any atom is 0.133 e. The average molecular weight is 269 g/mol. The van der Waals surface area contributed by atoms with E-state index in [1.165, 1.54) is 41.5 Å². The van der Waals surface area contributed by atoms with E-state index in [1.54, 1.807) is 0 Å². The van der Waals surface area contributed by atoms with Gasteiger partial charge >= 0.3 is 0 Å². The molecule has 1 unspecified atom stereocenters. The molecule has 0 aromatic carbocycles. The lowest BCUT2D eigenvalue weighted by atomic mass is 10.1. The topological polar surface area (TPSA) is 37.8 Å². The summed E-state index contributed by atoms with van der Waals surface area (Å²) in [6.07, 6.45) is 6.33. The van der Waals surface area contributed by atoms with E-state index < -0.39 is 0 Å². The summed E-state index contributed by atoms with van der Waals surface area (Å²) >= 11 is 3.86. The van der Waals surface area contributed by atoms with E-state index >= 15 is 0 Å². The van der Waals surface area contributed by atoms with E-state index in [9.17, 15) is 0 Å². The molecular weight excluding hydrogens is 250 g/mol. The Bertz CT molecular complexity index is 381. The molecule has 0 spiro atoms. The lowest BCUT2D eigenvalue weighted by molar-refractivity contribution is 0.632. The quantitative estimate of drug-likeness (QED) is 0.891. The maximum absolute atomic E-state index is 4.40. The molecule has 1 N–H and O–H groups in total. The third-order valence-electron chi connectivity index (χ3n) is 3.49. The summed E-state index contributed by atoms with van der Waals surface area (Å²) in [5, 5.41) is 14.7. The Kier molecular flexibility index (Phi) is 3.41. The highest BCUT2D eigenvalue weighted by molar-refractivity contribution is 8.00. The number of nitrogens with zero attached hydrogens (tertiary/aromatic N) is 2. The van der Waals surface area contributed by atoms with Gasteiger partial charge < -0.3 is 5.32 Å². The third-order valence-corrected chi connectivity index (χ3v) is 6.39. The molecular formula is C12H19N3S2. The second-order valence-corrected chi connectivity index (χ2v) is 7.82. The highest BCUT2D eigenvalue weighted by Gasteiger charge is 2.34. The second kappa shape index (κ2) is 4.86. The number of aromatic nitrogens is 2. The van der Waals surface area contributed by atoms with Gasteiger partial charge in [-0.25, -0.2) is 0 Å². The molecule has 3 rings (SSSR count). The molecule has 1 saturated carbocycles. The summed E-state index contributed by atoms with van der Waals surface area (Å²) in [5.41, 5.74) is 0. The van der Waals surface area contributed by atoms with Gasteiger partial charge in [-0.15, -0.1) is 33.3 Å². The van der Waals surface area contributed by atoms with Crippen LogP contribution in [0.4, 0.5) is 0 Å². The van der Waals surface area contributed by atoms with Crippen LogP contribution < -0.4 is 5.32 Å². The van der Waals surface area contributed by atoms with Crippen molar-refractivity contribution >= 4 is 23.1 Å². The van der Waals surface area contributed by atoms with Crippen molar-refractivity contribution in [3.05, 3.63) is 10.0 Å². The van der Waals surface area contributed by atoms with Crippen molar-refractivity contribution in [3.63, 3.8) is 0 Å². The normalized spacial score (nSPS) is 28.8. The first kappa shape index (κ1) is 11.9. The largest absolute Gasteiger partial charge is 0.314 e. The van der Waals surface area contributed by atoms with Crippen LogP contribution in [-0.2, 0) is 11.2 Å². The smallest absolute Gasteiger partial charge is 0.133 e. The lowest BCUT2D eigenvalue weighted by Gasteiger charge is -2.17. The van der Waals surface area contributed by atoms with Gasteiger partial charge in [0, 0.05) is 19.0 Å². The molecule has 94 valence electrons. The molecule has 17 heavy (non-hydrogen) atoms. The SMILES string of the molecule is CC1(c2nnc(CCNC3CC3)s2)CCCS1. The van der Waals surface area contributed by atoms with Gasteiger partial charge in [0.2, 0.25) is 0 Å². The number of nitrogens with one attached hydrogen (secondary N) is 1. The fourth-order valence-corrected chi connectivity index (χ4v) is 4.59. The zero-order chi connectivity index (χ0) is 11.7. The molecule has 0 radical (unpaired) electrons. The van der Waals surface area contributed by atoms with Crippen molar-refractivity contribution in [2.45, 2.75) is 49.8 Å². The molecule has 5 heteroatoms. The standard InChI is InChI=1S/C12H19N3S2/c1-12(6-2-8-16-12)11-15-14-10(17-11)5-7-13-9-3-4-9/h9,13H,2-8H2,1H3. The Morgan fingerprint density at radius 1 is 1.41 bits per heavy atom. The van der Waals surface area contributed by atoms with Crippen LogP contribution in [0, 0.1) is 0 Å². The molecule has 3 nitrogen and oxygen atoms in total. The minimum absolute atomic E-state index is 0.250. The molecule has 0 bridgehead atoms. The number of thioether (sulfide) groups is 1. The molecule has 2 aliphatic rings. The molecule has 0 amide bonds. The average Bonchev–Trinajstić information content (AvgIpc) is 2.83. The van der Waals surface area contributed by atoms with Gasteiger partial charge in [-0.05, 0) is 38.4 Å². The van der Waals surface area contributed by atoms with Crippen LogP contribution in [0.3, 0.4) is 0 Å². The monoisotopic (exact) mass is 269 g/mol. The molecule has 1 atom stereocenters. The van der Waals surface area contributed by atoms with Crippen molar-refractivity contribution in [3.8, 4) is 0 Å². The molecule has 2 fully saturated rings. The van der Waals surface area contributed by atoms with Crippen LogP contribution in [0.25, 0.3) is 0 Å². The van der Waals surface area contributed by atoms with E-state index in [0.29, 0.717) is 0 Å². The number of rotatable bonds is 5. The summed E-state index contributed by atoms with van der Waals surface area (Å²) in [6, 6.07) is 0.797. The fraction of sp³-hybridized carbons (Fsp3) is 0.833. The lowest BCUT2D eigenvalue weighted by Crippen LogP contribution is -2.19. The van der Waals surface area contributed by atoms with Crippen molar-refractivity contribution in [2.24, 2.45) is 0 Å². The Hall–Kier alpha value is -0.130. The first-order valence-corrected chi connectivity index (χ1v) is 8.27. The zero-order valence-corrected chi connectivity index (χ0v) is 11.9. The van der Waals surface area contributed by atoms with E-state index in [0.717, 1.165) is 19.0 Å². The van der Waals surface area contributed by atoms with Gasteiger partial charge in [0.1, 0.15) is 10.0 Å². The highest BCUT2D eigenvalue weighted by atomic mass is 32.2. The Morgan fingerprint density at radius 3 is 3.00 bits per heavy atom. The Morgan fingerprint density at radius 2 is 2.29 bits per heavy atom. The van der Waals surface area contributed by atoms with Gasteiger partial charge in [-0.1, -0.05) is 0 Å². The summed E-state index contributed by atoms with van der Waals surface area (Å²) in [5.74, 6) is 1.27. The van der Waals surface area contributed by atoms with E-state index in [2.05, 4.69) is 22.4 Å². The summed E-state index contributed by atoms with van der Waals surface area (Å²) in [7, 11) is 0. The first-order chi connectivity index (χ1) is 8.26. The van der Waals surface area contributed by atoms with Crippen molar-refractivity contribution in [1.82, 2.24) is 15.5 Å². The number of hydrogen-bond donors (Lipinski definition) is 1. The summed E-state index contributed by atoms with van der Waals surface area (Å²) < 4.78 is 0.250. The molecule has 1 saturated heterocycles. The molecule has 1 aliphatic carbocycles. The minimum atomic E-state index is 0.250. The van der Waals surface area contributed by atoms with E-state index in [1.807, 2.05) is 23.1 Å². The van der Waals surface area contributed by atoms with Gasteiger partial charge in [-0.2, -0.15) is 0 Å². The van der Waals surface area contributed by atoms with Gasteiger partial charge in [0.05, 0.1) is 4.75 Å². The van der Waals surface area contributed by atoms with Crippen LogP contribution in [0.2, 0.25) is 0 Å². The van der Waals surface area contributed by atoms with E-state index in [-0.39, 0.29) is 4.75 Å². The molecule has 1 aromatic heterocycles. The van der Waals surface area contributed by atoms with Gasteiger partial charge in [0.15, 0.2) is 0 Å². The first-order valence-electron chi connectivity index (χ1n) is 6.46. The summed E-state index contributed by atoms with van der Waals surface area (Å²) in [4.78, 5) is 0. The molecule has 2 heterocycles. The van der Waals surface area contributed by atoms with Crippen LogP contribution in [-0.4, -0.2) is 28.5 Å². The predicted molar refractivity (Wildman–Crippen MR) is 73.7 cm³/mol. The Balaban J connectivity index is 1.57. The van der Waals surface area contributed by atoms with E-state index in [4.69, 9.17) is 0 Å². The minimum Gasteiger partial charge on any atom is -0.314 e.